The number of benzene rings is 3. The van der Waals surface area contributed by atoms with E-state index in [9.17, 15) is 4.79 Å². The molecule has 0 atom stereocenters. The Labute approximate surface area is 135 Å². The molecule has 0 aliphatic heterocycles. The van der Waals surface area contributed by atoms with Gasteiger partial charge in [0.05, 0.1) is 19.8 Å². The molecule has 3 aromatic carbocycles. The fourth-order valence-electron chi connectivity index (χ4n) is 2.66. The first-order valence-corrected chi connectivity index (χ1v) is 7.44. The zero-order chi connectivity index (χ0) is 16.2. The fourth-order valence-corrected chi connectivity index (χ4v) is 2.66. The summed E-state index contributed by atoms with van der Waals surface area (Å²) in [4.78, 5) is 12.7. The SMILES string of the molecule is COc1ccc(OC)c(C(=O)Cc2ccc3ccccc3c2)c1. The van der Waals surface area contributed by atoms with Gasteiger partial charge in [0.25, 0.3) is 0 Å². The molecule has 0 heterocycles. The second-order valence-corrected chi connectivity index (χ2v) is 5.35. The lowest BCUT2D eigenvalue weighted by Gasteiger charge is -2.10. The standard InChI is InChI=1S/C20H18O3/c1-22-17-9-10-20(23-2)18(13-17)19(21)12-14-7-8-15-5-3-4-6-16(15)11-14/h3-11,13H,12H2,1-2H3. The first-order chi connectivity index (χ1) is 11.2. The van der Waals surface area contributed by atoms with Crippen molar-refractivity contribution in [3.63, 3.8) is 0 Å². The molecule has 3 nitrogen and oxygen atoms in total. The van der Waals surface area contributed by atoms with Crippen molar-refractivity contribution in [1.29, 1.82) is 0 Å². The third-order valence-electron chi connectivity index (χ3n) is 3.89. The molecule has 0 aliphatic rings. The van der Waals surface area contributed by atoms with Gasteiger partial charge < -0.3 is 9.47 Å². The highest BCUT2D eigenvalue weighted by Crippen LogP contribution is 2.26. The summed E-state index contributed by atoms with van der Waals surface area (Å²) in [6.07, 6.45) is 0.328. The molecule has 0 amide bonds. The third-order valence-corrected chi connectivity index (χ3v) is 3.89. The van der Waals surface area contributed by atoms with Crippen molar-refractivity contribution >= 4 is 16.6 Å². The maximum atomic E-state index is 12.7. The van der Waals surface area contributed by atoms with Gasteiger partial charge in [-0.05, 0) is 34.5 Å². The van der Waals surface area contributed by atoms with E-state index < -0.39 is 0 Å². The van der Waals surface area contributed by atoms with Gasteiger partial charge >= 0.3 is 0 Å². The van der Waals surface area contributed by atoms with Gasteiger partial charge in [0, 0.05) is 6.42 Å². The fraction of sp³-hybridized carbons (Fsp3) is 0.150. The van der Waals surface area contributed by atoms with Crippen molar-refractivity contribution in [2.45, 2.75) is 6.42 Å². The molecule has 0 saturated carbocycles. The highest BCUT2D eigenvalue weighted by molar-refractivity contribution is 6.00. The minimum Gasteiger partial charge on any atom is -0.497 e. The Morgan fingerprint density at radius 3 is 2.39 bits per heavy atom. The maximum absolute atomic E-state index is 12.7. The number of rotatable bonds is 5. The Bertz CT molecular complexity index is 852. The average Bonchev–Trinajstić information content (AvgIpc) is 2.61. The van der Waals surface area contributed by atoms with E-state index >= 15 is 0 Å². The minimum atomic E-state index is 0.0102. The number of hydrogen-bond donors (Lipinski definition) is 0. The van der Waals surface area contributed by atoms with Gasteiger partial charge in [-0.1, -0.05) is 42.5 Å². The lowest BCUT2D eigenvalue weighted by atomic mass is 9.99. The Morgan fingerprint density at radius 1 is 0.870 bits per heavy atom. The van der Waals surface area contributed by atoms with E-state index in [2.05, 4.69) is 18.2 Å². The Kier molecular flexibility index (Phi) is 4.29. The van der Waals surface area contributed by atoms with Crippen LogP contribution in [-0.4, -0.2) is 20.0 Å². The number of carbonyl (C=O) groups is 1. The Balaban J connectivity index is 1.91. The molecule has 0 bridgehead atoms. The summed E-state index contributed by atoms with van der Waals surface area (Å²) >= 11 is 0. The monoisotopic (exact) mass is 306 g/mol. The third kappa shape index (κ3) is 3.19. The maximum Gasteiger partial charge on any atom is 0.171 e. The molecule has 0 fully saturated rings. The molecule has 0 aliphatic carbocycles. The van der Waals surface area contributed by atoms with Gasteiger partial charge in [-0.3, -0.25) is 4.79 Å². The van der Waals surface area contributed by atoms with Gasteiger partial charge in [-0.2, -0.15) is 0 Å². The van der Waals surface area contributed by atoms with Crippen LogP contribution >= 0.6 is 0 Å². The number of ether oxygens (including phenoxy) is 2. The molecule has 0 aromatic heterocycles. The summed E-state index contributed by atoms with van der Waals surface area (Å²) in [6, 6.07) is 19.5. The van der Waals surface area contributed by atoms with Crippen molar-refractivity contribution in [3.8, 4) is 11.5 Å². The molecule has 23 heavy (non-hydrogen) atoms. The van der Waals surface area contributed by atoms with Crippen LogP contribution in [-0.2, 0) is 6.42 Å². The first-order valence-electron chi connectivity index (χ1n) is 7.44. The van der Waals surface area contributed by atoms with Crippen LogP contribution in [0.15, 0.2) is 60.7 Å². The van der Waals surface area contributed by atoms with E-state index in [-0.39, 0.29) is 5.78 Å². The predicted octanol–water partition coefficient (Wildman–Crippen LogP) is 4.28. The van der Waals surface area contributed by atoms with Crippen LogP contribution < -0.4 is 9.47 Å². The van der Waals surface area contributed by atoms with Crippen molar-refractivity contribution in [3.05, 3.63) is 71.8 Å². The van der Waals surface area contributed by atoms with E-state index in [0.29, 0.717) is 23.5 Å². The smallest absolute Gasteiger partial charge is 0.171 e. The molecule has 0 N–H and O–H groups in total. The minimum absolute atomic E-state index is 0.0102. The molecular formula is C20H18O3. The Morgan fingerprint density at radius 2 is 1.65 bits per heavy atom. The number of methoxy groups -OCH3 is 2. The van der Waals surface area contributed by atoms with Gasteiger partial charge in [0.2, 0.25) is 0 Å². The second-order valence-electron chi connectivity index (χ2n) is 5.35. The molecule has 3 aromatic rings. The molecule has 0 unspecified atom stereocenters. The highest BCUT2D eigenvalue weighted by Gasteiger charge is 2.14. The summed E-state index contributed by atoms with van der Waals surface area (Å²) in [5, 5.41) is 2.30. The summed E-state index contributed by atoms with van der Waals surface area (Å²) in [5.41, 5.74) is 1.53. The molecule has 0 radical (unpaired) electrons. The van der Waals surface area contributed by atoms with Crippen LogP contribution in [0.4, 0.5) is 0 Å². The van der Waals surface area contributed by atoms with Crippen molar-refractivity contribution < 1.29 is 14.3 Å². The van der Waals surface area contributed by atoms with E-state index in [1.54, 1.807) is 32.4 Å². The summed E-state index contributed by atoms with van der Waals surface area (Å²) in [7, 11) is 3.15. The topological polar surface area (TPSA) is 35.5 Å². The van der Waals surface area contributed by atoms with Crippen molar-refractivity contribution in [2.24, 2.45) is 0 Å². The normalized spacial score (nSPS) is 10.5. The largest absolute Gasteiger partial charge is 0.497 e. The second kappa shape index (κ2) is 6.53. The van der Waals surface area contributed by atoms with Crippen LogP contribution in [0.5, 0.6) is 11.5 Å². The van der Waals surface area contributed by atoms with E-state index in [1.807, 2.05) is 24.3 Å². The Hall–Kier alpha value is -2.81. The zero-order valence-corrected chi connectivity index (χ0v) is 13.2. The quantitative estimate of drug-likeness (QED) is 0.660. The molecule has 3 rings (SSSR count). The number of fused-ring (bicyclic) bond motifs is 1. The van der Waals surface area contributed by atoms with Gasteiger partial charge in [-0.25, -0.2) is 0 Å². The lowest BCUT2D eigenvalue weighted by molar-refractivity contribution is 0.0989. The van der Waals surface area contributed by atoms with Crippen LogP contribution in [0.25, 0.3) is 10.8 Å². The summed E-state index contributed by atoms with van der Waals surface area (Å²) in [6.45, 7) is 0. The summed E-state index contributed by atoms with van der Waals surface area (Å²) < 4.78 is 10.5. The van der Waals surface area contributed by atoms with Crippen LogP contribution in [0.2, 0.25) is 0 Å². The highest BCUT2D eigenvalue weighted by atomic mass is 16.5. The predicted molar refractivity (Wildman–Crippen MR) is 91.5 cm³/mol. The number of Topliss-reactive ketones (excluding diaryl/α,β-unsaturated/α-hetero) is 1. The first kappa shape index (κ1) is 15.1. The molecule has 116 valence electrons. The van der Waals surface area contributed by atoms with Gasteiger partial charge in [0.15, 0.2) is 5.78 Å². The number of ketones is 1. The number of carbonyl (C=O) groups excluding carboxylic acids is 1. The van der Waals surface area contributed by atoms with Gasteiger partial charge in [0.1, 0.15) is 11.5 Å². The van der Waals surface area contributed by atoms with Crippen molar-refractivity contribution in [1.82, 2.24) is 0 Å². The summed E-state index contributed by atoms with van der Waals surface area (Å²) in [5.74, 6) is 1.22. The lowest BCUT2D eigenvalue weighted by Crippen LogP contribution is -2.06. The average molecular weight is 306 g/mol. The van der Waals surface area contributed by atoms with Crippen LogP contribution in [0.1, 0.15) is 15.9 Å². The van der Waals surface area contributed by atoms with E-state index in [0.717, 1.165) is 10.9 Å². The molecule has 3 heteroatoms. The van der Waals surface area contributed by atoms with E-state index in [4.69, 9.17) is 9.47 Å². The van der Waals surface area contributed by atoms with E-state index in [1.165, 1.54) is 5.39 Å². The zero-order valence-electron chi connectivity index (χ0n) is 13.2. The van der Waals surface area contributed by atoms with Crippen molar-refractivity contribution in [2.75, 3.05) is 14.2 Å². The van der Waals surface area contributed by atoms with Crippen LogP contribution in [0, 0.1) is 0 Å². The molecular weight excluding hydrogens is 288 g/mol. The molecule has 0 spiro atoms. The number of hydrogen-bond acceptors (Lipinski definition) is 3. The molecule has 0 saturated heterocycles. The van der Waals surface area contributed by atoms with Crippen LogP contribution in [0.3, 0.4) is 0 Å². The van der Waals surface area contributed by atoms with Gasteiger partial charge in [-0.15, -0.1) is 0 Å².